The van der Waals surface area contributed by atoms with Crippen LogP contribution in [0.5, 0.6) is 0 Å². The second kappa shape index (κ2) is 4.77. The molecule has 2 aliphatic heterocycles. The molecule has 2 aliphatic rings. The van der Waals surface area contributed by atoms with Gasteiger partial charge in [0.05, 0.1) is 21.4 Å². The molecule has 2 saturated heterocycles. The maximum atomic E-state index is 9.01. The van der Waals surface area contributed by atoms with Crippen molar-refractivity contribution in [1.29, 1.82) is 0 Å². The molecule has 1 aromatic carbocycles. The lowest BCUT2D eigenvalue weighted by molar-refractivity contribution is -0.942. The third kappa shape index (κ3) is 2.05. The van der Waals surface area contributed by atoms with Crippen LogP contribution >= 0.6 is 0 Å². The Morgan fingerprint density at radius 1 is 1.20 bits per heavy atom. The lowest BCUT2D eigenvalue weighted by Gasteiger charge is -2.42. The average molecular weight is 275 g/mol. The summed E-state index contributed by atoms with van der Waals surface area (Å²) in [5.74, 6) is 0. The summed E-state index contributed by atoms with van der Waals surface area (Å²) in [5, 5.41) is 0. The second-order valence-corrected chi connectivity index (χ2v) is 7.00. The molecule has 0 aromatic heterocycles. The summed E-state index contributed by atoms with van der Waals surface area (Å²) in [5.41, 5.74) is 1.90. The lowest BCUT2D eigenvalue weighted by atomic mass is 10.0. The number of para-hydroxylation sites is 1. The molecule has 0 amide bonds. The zero-order valence-electron chi connectivity index (χ0n) is 15.3. The summed E-state index contributed by atoms with van der Waals surface area (Å²) in [6, 6.07) is 8.41. The summed E-state index contributed by atoms with van der Waals surface area (Å²) in [6.07, 6.45) is 3.70. The fourth-order valence-electron chi connectivity index (χ4n) is 4.28. The number of rotatable bonds is 1. The Morgan fingerprint density at radius 3 is 2.50 bits per heavy atom. The number of aryl methyl sites for hydroxylation is 1. The molecule has 3 rings (SSSR count). The van der Waals surface area contributed by atoms with E-state index < -0.39 is 12.0 Å². The summed E-state index contributed by atoms with van der Waals surface area (Å²) in [6.45, 7) is 9.20. The van der Waals surface area contributed by atoms with Gasteiger partial charge in [-0.3, -0.25) is 0 Å². The molecule has 2 fully saturated rings. The number of hydrogen-bond acceptors (Lipinski definition) is 1. The number of benzene rings is 1. The van der Waals surface area contributed by atoms with Crippen LogP contribution in [0.2, 0.25) is 0 Å². The van der Waals surface area contributed by atoms with E-state index in [1.807, 2.05) is 0 Å². The molecule has 0 aliphatic carbocycles. The molecule has 1 atom stereocenters. The van der Waals surface area contributed by atoms with Gasteiger partial charge in [-0.2, -0.15) is 0 Å². The third-order valence-electron chi connectivity index (χ3n) is 5.18. The minimum atomic E-state index is -1.24. The van der Waals surface area contributed by atoms with E-state index in [0.717, 1.165) is 25.9 Å². The van der Waals surface area contributed by atoms with Crippen molar-refractivity contribution in [2.75, 3.05) is 24.5 Å². The number of quaternary nitrogens is 1. The topological polar surface area (TPSA) is 3.24 Å². The number of nitrogens with zero attached hydrogens (tertiary/aromatic N) is 2. The molecule has 1 unspecified atom stereocenters. The Kier molecular flexibility index (Phi) is 2.77. The van der Waals surface area contributed by atoms with Gasteiger partial charge >= 0.3 is 0 Å². The van der Waals surface area contributed by atoms with Crippen molar-refractivity contribution in [1.82, 2.24) is 0 Å². The zero-order chi connectivity index (χ0) is 16.2. The molecule has 2 heteroatoms. The smallest absolute Gasteiger partial charge is 0.162 e. The molecule has 1 aromatic rings. The monoisotopic (exact) mass is 275 g/mol. The van der Waals surface area contributed by atoms with Gasteiger partial charge in [0.1, 0.15) is 6.50 Å². The molecular weight excluding hydrogens is 244 g/mol. The van der Waals surface area contributed by atoms with Crippen LogP contribution in [0.15, 0.2) is 24.3 Å². The largest absolute Gasteiger partial charge is 0.312 e. The molecular formula is C18H29N2+. The van der Waals surface area contributed by atoms with Crippen LogP contribution in [0, 0.1) is 6.92 Å². The molecule has 0 bridgehead atoms. The van der Waals surface area contributed by atoms with Gasteiger partial charge in [-0.15, -0.1) is 0 Å². The van der Waals surface area contributed by atoms with Crippen LogP contribution in [0.1, 0.15) is 48.3 Å². The minimum Gasteiger partial charge on any atom is -0.312 e. The zero-order valence-corrected chi connectivity index (χ0v) is 13.3. The van der Waals surface area contributed by atoms with Gasteiger partial charge in [0.2, 0.25) is 0 Å². The van der Waals surface area contributed by atoms with E-state index in [9.17, 15) is 0 Å². The van der Waals surface area contributed by atoms with E-state index >= 15 is 0 Å². The van der Waals surface area contributed by atoms with Crippen molar-refractivity contribution in [2.45, 2.75) is 58.7 Å². The summed E-state index contributed by atoms with van der Waals surface area (Å²) in [4.78, 5) is 2.35. The summed E-state index contributed by atoms with van der Waals surface area (Å²) in [7, 11) is 0. The van der Waals surface area contributed by atoms with E-state index in [0.29, 0.717) is 4.48 Å². The predicted octanol–water partition coefficient (Wildman–Crippen LogP) is 3.94. The highest BCUT2D eigenvalue weighted by Gasteiger charge is 2.54. The maximum Gasteiger partial charge on any atom is 0.162 e. The van der Waals surface area contributed by atoms with Crippen LogP contribution in [-0.2, 0) is 0 Å². The first-order valence-corrected chi connectivity index (χ1v) is 7.97. The Labute approximate surface area is 126 Å². The quantitative estimate of drug-likeness (QED) is 0.702. The molecule has 1 spiro atoms. The predicted molar refractivity (Wildman–Crippen MR) is 85.9 cm³/mol. The summed E-state index contributed by atoms with van der Waals surface area (Å²) >= 11 is 0. The standard InChI is InChI=1S/C18H29N2/c1-15-10-6-7-11-17(15)19-16(2)20(14-18(19,3)4)12-8-5-9-13-20/h6-7,10-11,16H,5,8-9,12-14H2,1-4H3/q+1/i14D2. The van der Waals surface area contributed by atoms with E-state index in [1.165, 1.54) is 17.7 Å². The molecule has 0 N–H and O–H groups in total. The Balaban J connectivity index is 2.14. The molecule has 110 valence electrons. The highest BCUT2D eigenvalue weighted by atomic mass is 15.6. The number of piperidine rings is 1. The van der Waals surface area contributed by atoms with Gasteiger partial charge in [-0.1, -0.05) is 18.2 Å². The van der Waals surface area contributed by atoms with Crippen molar-refractivity contribution >= 4 is 5.69 Å². The Morgan fingerprint density at radius 2 is 1.85 bits per heavy atom. The maximum absolute atomic E-state index is 9.01. The third-order valence-corrected chi connectivity index (χ3v) is 5.18. The van der Waals surface area contributed by atoms with Gasteiger partial charge in [-0.25, -0.2) is 0 Å². The average Bonchev–Trinajstić information content (AvgIpc) is 2.58. The molecule has 2 heterocycles. The van der Waals surface area contributed by atoms with E-state index in [2.05, 4.69) is 56.9 Å². The Hall–Kier alpha value is -1.02. The van der Waals surface area contributed by atoms with Crippen molar-refractivity contribution in [3.63, 3.8) is 0 Å². The molecule has 0 radical (unpaired) electrons. The van der Waals surface area contributed by atoms with Gasteiger partial charge in [0.15, 0.2) is 6.17 Å². The van der Waals surface area contributed by atoms with Crippen LogP contribution in [0.3, 0.4) is 0 Å². The Bertz CT molecular complexity index is 562. The number of anilines is 1. The minimum absolute atomic E-state index is 0.173. The van der Waals surface area contributed by atoms with Crippen molar-refractivity contribution in [3.8, 4) is 0 Å². The van der Waals surface area contributed by atoms with E-state index in [-0.39, 0.29) is 6.17 Å². The first-order chi connectivity index (χ1) is 10.3. The van der Waals surface area contributed by atoms with E-state index in [1.54, 1.807) is 0 Å². The van der Waals surface area contributed by atoms with Crippen LogP contribution in [0.4, 0.5) is 5.69 Å². The van der Waals surface area contributed by atoms with Crippen molar-refractivity contribution < 1.29 is 7.22 Å². The highest BCUT2D eigenvalue weighted by Crippen LogP contribution is 2.42. The van der Waals surface area contributed by atoms with Gasteiger partial charge in [0.25, 0.3) is 0 Å². The number of hydrogen-bond donors (Lipinski definition) is 0. The second-order valence-electron chi connectivity index (χ2n) is 7.00. The first kappa shape index (κ1) is 11.6. The molecule has 2 nitrogen and oxygen atoms in total. The van der Waals surface area contributed by atoms with Crippen LogP contribution in [-0.4, -0.2) is 35.8 Å². The van der Waals surface area contributed by atoms with Gasteiger partial charge in [0, 0.05) is 12.6 Å². The van der Waals surface area contributed by atoms with Crippen molar-refractivity contribution in [2.24, 2.45) is 0 Å². The van der Waals surface area contributed by atoms with Crippen molar-refractivity contribution in [3.05, 3.63) is 29.8 Å². The van der Waals surface area contributed by atoms with Gasteiger partial charge in [-0.05, 0) is 51.7 Å². The fourth-order valence-corrected chi connectivity index (χ4v) is 4.28. The van der Waals surface area contributed by atoms with Crippen LogP contribution in [0.25, 0.3) is 0 Å². The van der Waals surface area contributed by atoms with Crippen LogP contribution < -0.4 is 4.90 Å². The molecule has 20 heavy (non-hydrogen) atoms. The summed E-state index contributed by atoms with van der Waals surface area (Å²) < 4.78 is 18.6. The molecule has 0 saturated carbocycles. The van der Waals surface area contributed by atoms with E-state index in [4.69, 9.17) is 2.74 Å². The fraction of sp³-hybridized carbons (Fsp3) is 0.667. The first-order valence-electron chi connectivity index (χ1n) is 8.97. The lowest BCUT2D eigenvalue weighted by Crippen LogP contribution is -2.56. The normalized spacial score (nSPS) is 32.0. The SMILES string of the molecule is [2H]C1([2H])C(C)(C)N(c2ccccc2C)C(C)[N+]12CCCCC2. The van der Waals surface area contributed by atoms with Gasteiger partial charge < -0.3 is 9.38 Å². The highest BCUT2D eigenvalue weighted by molar-refractivity contribution is 5.56.